The van der Waals surface area contributed by atoms with Crippen molar-refractivity contribution in [3.63, 3.8) is 0 Å². The van der Waals surface area contributed by atoms with E-state index in [0.29, 0.717) is 17.4 Å². The van der Waals surface area contributed by atoms with E-state index in [4.69, 9.17) is 4.74 Å². The number of hydrogen-bond acceptors (Lipinski definition) is 6. The minimum Gasteiger partial charge on any atom is -0.497 e. The van der Waals surface area contributed by atoms with Gasteiger partial charge in [0.1, 0.15) is 5.75 Å². The van der Waals surface area contributed by atoms with E-state index in [0.717, 1.165) is 11.3 Å². The largest absolute Gasteiger partial charge is 0.497 e. The van der Waals surface area contributed by atoms with Crippen molar-refractivity contribution in [2.75, 3.05) is 7.11 Å². The second-order valence-electron chi connectivity index (χ2n) is 5.08. The fourth-order valence-electron chi connectivity index (χ4n) is 2.45. The Hall–Kier alpha value is -2.12. The monoisotopic (exact) mass is 343 g/mol. The van der Waals surface area contributed by atoms with Crippen molar-refractivity contribution in [3.8, 4) is 17.1 Å². The van der Waals surface area contributed by atoms with E-state index in [-0.39, 0.29) is 11.2 Å². The molecule has 0 spiro atoms. The van der Waals surface area contributed by atoms with Gasteiger partial charge in [0.15, 0.2) is 11.0 Å². The smallest absolute Gasteiger partial charge is 0.250 e. The van der Waals surface area contributed by atoms with Crippen LogP contribution in [-0.2, 0) is 0 Å². The van der Waals surface area contributed by atoms with Gasteiger partial charge in [-0.2, -0.15) is 4.68 Å². The third-order valence-electron chi connectivity index (χ3n) is 3.63. The van der Waals surface area contributed by atoms with Gasteiger partial charge >= 0.3 is 0 Å². The average molecular weight is 343 g/mol. The van der Waals surface area contributed by atoms with Crippen LogP contribution in [0.2, 0.25) is 0 Å². The van der Waals surface area contributed by atoms with Crippen LogP contribution in [0, 0.1) is 0 Å². The topological polar surface area (TPSA) is 57.0 Å². The highest BCUT2D eigenvalue weighted by molar-refractivity contribution is 7.99. The summed E-state index contributed by atoms with van der Waals surface area (Å²) >= 11 is 3.26. The predicted octanol–water partition coefficient (Wildman–Crippen LogP) is 3.89. The maximum atomic E-state index is 12.4. The third kappa shape index (κ3) is 2.66. The summed E-state index contributed by atoms with van der Waals surface area (Å²) in [6, 6.07) is 11.6. The molecule has 0 radical (unpaired) electrons. The second kappa shape index (κ2) is 5.82. The van der Waals surface area contributed by atoms with Crippen LogP contribution in [0.5, 0.6) is 5.75 Å². The van der Waals surface area contributed by atoms with Gasteiger partial charge in [-0.3, -0.25) is 4.79 Å². The van der Waals surface area contributed by atoms with Crippen molar-refractivity contribution in [1.29, 1.82) is 0 Å². The van der Waals surface area contributed by atoms with Gasteiger partial charge in [-0.15, -0.1) is 16.4 Å². The normalized spacial score (nSPS) is 17.1. The van der Waals surface area contributed by atoms with Crippen LogP contribution in [0.1, 0.15) is 21.3 Å². The number of rotatable bonds is 3. The van der Waals surface area contributed by atoms with Crippen LogP contribution in [0.25, 0.3) is 11.4 Å². The molecule has 5 nitrogen and oxygen atoms in total. The molecule has 3 aromatic rings. The zero-order chi connectivity index (χ0) is 15.8. The number of hydrogen-bond donors (Lipinski definition) is 0. The van der Waals surface area contributed by atoms with Gasteiger partial charge in [-0.25, -0.2) is 4.98 Å². The number of carbonyl (C=O) groups is 1. The molecular weight excluding hydrogens is 330 g/mol. The molecule has 1 atom stereocenters. The molecule has 0 saturated heterocycles. The fraction of sp³-hybridized carbons (Fsp3) is 0.188. The lowest BCUT2D eigenvalue weighted by atomic mass is 10.2. The summed E-state index contributed by atoms with van der Waals surface area (Å²) in [4.78, 5) is 18.1. The molecule has 1 unspecified atom stereocenters. The van der Waals surface area contributed by atoms with Crippen LogP contribution in [0.4, 0.5) is 0 Å². The van der Waals surface area contributed by atoms with E-state index in [1.807, 2.05) is 35.7 Å². The number of benzene rings is 1. The molecule has 0 N–H and O–H groups in total. The van der Waals surface area contributed by atoms with Crippen molar-refractivity contribution >= 4 is 29.0 Å². The molecule has 0 aliphatic carbocycles. The first-order valence-corrected chi connectivity index (χ1v) is 8.85. The molecule has 1 aliphatic heterocycles. The van der Waals surface area contributed by atoms with E-state index in [1.165, 1.54) is 9.56 Å². The average Bonchev–Trinajstić information content (AvgIpc) is 3.24. The molecule has 2 aromatic heterocycles. The summed E-state index contributed by atoms with van der Waals surface area (Å²) in [6.07, 6.45) is 0.448. The second-order valence-corrected chi connectivity index (χ2v) is 7.23. The van der Waals surface area contributed by atoms with Crippen molar-refractivity contribution in [3.05, 3.63) is 46.7 Å². The van der Waals surface area contributed by atoms with E-state index in [1.54, 1.807) is 30.2 Å². The molecule has 4 rings (SSSR count). The number of aromatic nitrogens is 3. The van der Waals surface area contributed by atoms with Crippen molar-refractivity contribution in [2.24, 2.45) is 0 Å². The van der Waals surface area contributed by atoms with Crippen molar-refractivity contribution in [1.82, 2.24) is 14.8 Å². The molecule has 7 heteroatoms. The molecule has 3 heterocycles. The van der Waals surface area contributed by atoms with Crippen LogP contribution >= 0.6 is 23.1 Å². The molecule has 1 aromatic carbocycles. The van der Waals surface area contributed by atoms with E-state index in [2.05, 4.69) is 16.1 Å². The lowest BCUT2D eigenvalue weighted by molar-refractivity contribution is 0.0868. The summed E-state index contributed by atoms with van der Waals surface area (Å²) in [6.45, 7) is 0. The lowest BCUT2D eigenvalue weighted by Crippen LogP contribution is -2.20. The summed E-state index contributed by atoms with van der Waals surface area (Å²) in [5.74, 6) is 1.33. The van der Waals surface area contributed by atoms with Gasteiger partial charge in [-0.05, 0) is 35.7 Å². The first-order chi connectivity index (χ1) is 11.2. The van der Waals surface area contributed by atoms with Gasteiger partial charge in [0.2, 0.25) is 0 Å². The zero-order valence-electron chi connectivity index (χ0n) is 12.3. The first kappa shape index (κ1) is 14.5. The summed E-state index contributed by atoms with van der Waals surface area (Å²) in [5, 5.41) is 7.19. The summed E-state index contributed by atoms with van der Waals surface area (Å²) in [5.41, 5.74) is 0.869. The van der Waals surface area contributed by atoms with E-state index in [9.17, 15) is 4.79 Å². The molecule has 0 amide bonds. The van der Waals surface area contributed by atoms with Crippen LogP contribution in [-0.4, -0.2) is 27.8 Å². The number of nitrogens with zero attached hydrogens (tertiary/aromatic N) is 3. The Balaban J connectivity index is 1.66. The Morgan fingerprint density at radius 3 is 2.78 bits per heavy atom. The van der Waals surface area contributed by atoms with Gasteiger partial charge in [0.25, 0.3) is 5.91 Å². The maximum absolute atomic E-state index is 12.4. The van der Waals surface area contributed by atoms with Crippen LogP contribution in [0.15, 0.2) is 46.9 Å². The molecule has 0 fully saturated rings. The van der Waals surface area contributed by atoms with Gasteiger partial charge in [0.05, 0.1) is 12.4 Å². The zero-order valence-corrected chi connectivity index (χ0v) is 13.9. The third-order valence-corrected chi connectivity index (χ3v) is 5.95. The van der Waals surface area contributed by atoms with Gasteiger partial charge in [0, 0.05) is 16.9 Å². The predicted molar refractivity (Wildman–Crippen MR) is 90.2 cm³/mol. The highest BCUT2D eigenvalue weighted by Crippen LogP contribution is 2.43. The lowest BCUT2D eigenvalue weighted by Gasteiger charge is -2.18. The number of methoxy groups -OCH3 is 1. The Morgan fingerprint density at radius 2 is 2.09 bits per heavy atom. The molecule has 0 bridgehead atoms. The highest BCUT2D eigenvalue weighted by atomic mass is 32.2. The summed E-state index contributed by atoms with van der Waals surface area (Å²) in [7, 11) is 1.63. The Bertz CT molecular complexity index is 841. The standard InChI is InChI=1S/C16H13N3O2S2/c1-21-11-6-4-10(5-7-11)15-17-16-19(18-15)14(20)9-13(23-16)12-3-2-8-22-12/h2-8,13H,9H2,1H3. The number of ether oxygens (including phenoxy) is 1. The number of thioether (sulfide) groups is 1. The molecular formula is C16H13N3O2S2. The first-order valence-electron chi connectivity index (χ1n) is 7.09. The molecule has 116 valence electrons. The Labute approximate surface area is 141 Å². The molecule has 23 heavy (non-hydrogen) atoms. The minimum atomic E-state index is -0.00980. The number of fused-ring (bicyclic) bond motifs is 1. The quantitative estimate of drug-likeness (QED) is 0.722. The van der Waals surface area contributed by atoms with E-state index < -0.39 is 0 Å². The van der Waals surface area contributed by atoms with Crippen LogP contribution in [0.3, 0.4) is 0 Å². The Morgan fingerprint density at radius 1 is 1.26 bits per heavy atom. The van der Waals surface area contributed by atoms with Crippen LogP contribution < -0.4 is 4.74 Å². The number of carbonyl (C=O) groups excluding carboxylic acids is 1. The van der Waals surface area contributed by atoms with Crippen molar-refractivity contribution in [2.45, 2.75) is 16.8 Å². The fourth-order valence-corrected chi connectivity index (χ4v) is 4.52. The molecule has 1 aliphatic rings. The van der Waals surface area contributed by atoms with Gasteiger partial charge in [-0.1, -0.05) is 17.8 Å². The molecule has 0 saturated carbocycles. The van der Waals surface area contributed by atoms with Crippen molar-refractivity contribution < 1.29 is 9.53 Å². The Kier molecular flexibility index (Phi) is 3.66. The van der Waals surface area contributed by atoms with Gasteiger partial charge < -0.3 is 4.74 Å². The number of thiophene rings is 1. The summed E-state index contributed by atoms with van der Waals surface area (Å²) < 4.78 is 6.58. The minimum absolute atomic E-state index is 0.00980. The van der Waals surface area contributed by atoms with E-state index >= 15 is 0 Å². The highest BCUT2D eigenvalue weighted by Gasteiger charge is 2.30. The maximum Gasteiger partial charge on any atom is 0.250 e. The SMILES string of the molecule is COc1ccc(-c2nc3n(n2)C(=O)CC(c2cccs2)S3)cc1.